The van der Waals surface area contributed by atoms with Gasteiger partial charge in [-0.1, -0.05) is 6.92 Å². The summed E-state index contributed by atoms with van der Waals surface area (Å²) in [5.74, 6) is 0.0513. The Balaban J connectivity index is 3.76. The molecule has 0 bridgehead atoms. The van der Waals surface area contributed by atoms with Crippen molar-refractivity contribution in [3.05, 3.63) is 0 Å². The summed E-state index contributed by atoms with van der Waals surface area (Å²) in [4.78, 5) is 10.8. The van der Waals surface area contributed by atoms with E-state index in [1.165, 1.54) is 0 Å². The fraction of sp³-hybridized carbons (Fsp3) is 0.857. The number of hydrogen-bond donors (Lipinski definition) is 2. The average molecular weight is 144 g/mol. The van der Waals surface area contributed by atoms with Crippen molar-refractivity contribution in [1.82, 2.24) is 5.32 Å². The lowest BCUT2D eigenvalue weighted by molar-refractivity contribution is -0.122. The molecule has 0 fully saturated rings. The molecule has 0 unspecified atom stereocenters. The maximum absolute atomic E-state index is 10.8. The summed E-state index contributed by atoms with van der Waals surface area (Å²) >= 11 is 0. The predicted octanol–water partition coefficient (Wildman–Crippen LogP) is 0.250. The highest BCUT2D eigenvalue weighted by atomic mass is 16.1. The average Bonchev–Trinajstić information content (AvgIpc) is 1.87. The van der Waals surface area contributed by atoms with Gasteiger partial charge in [-0.25, -0.2) is 0 Å². The fourth-order valence-electron chi connectivity index (χ4n) is 0.517. The predicted molar refractivity (Wildman–Crippen MR) is 41.6 cm³/mol. The first-order valence-electron chi connectivity index (χ1n) is 3.53. The van der Waals surface area contributed by atoms with Gasteiger partial charge in [-0.15, -0.1) is 0 Å². The van der Waals surface area contributed by atoms with Crippen LogP contribution >= 0.6 is 0 Å². The Morgan fingerprint density at radius 2 is 2.10 bits per heavy atom. The largest absolute Gasteiger partial charge is 0.350 e. The minimum Gasteiger partial charge on any atom is -0.350 e. The molecule has 0 saturated heterocycles. The number of carbonyl (C=O) groups excluding carboxylic acids is 1. The highest BCUT2D eigenvalue weighted by Crippen LogP contribution is 1.97. The molecular formula is C7H16N2O. The Hall–Kier alpha value is -0.570. The van der Waals surface area contributed by atoms with Crippen LogP contribution < -0.4 is 11.1 Å². The second-order valence-electron chi connectivity index (χ2n) is 2.99. The molecule has 0 aromatic rings. The molecule has 10 heavy (non-hydrogen) atoms. The van der Waals surface area contributed by atoms with Crippen molar-refractivity contribution in [3.63, 3.8) is 0 Å². The molecule has 0 aromatic heterocycles. The van der Waals surface area contributed by atoms with E-state index in [1.54, 1.807) is 0 Å². The Bertz CT molecular complexity index is 121. The van der Waals surface area contributed by atoms with Crippen molar-refractivity contribution in [1.29, 1.82) is 0 Å². The number of amides is 1. The molecule has 0 aliphatic carbocycles. The number of rotatable bonds is 3. The van der Waals surface area contributed by atoms with E-state index in [0.29, 0.717) is 13.0 Å². The minimum atomic E-state index is -0.257. The van der Waals surface area contributed by atoms with Gasteiger partial charge in [0, 0.05) is 18.5 Å². The van der Waals surface area contributed by atoms with Gasteiger partial charge >= 0.3 is 0 Å². The van der Waals surface area contributed by atoms with Crippen LogP contribution in [0, 0.1) is 0 Å². The van der Waals surface area contributed by atoms with Crippen LogP contribution in [0.25, 0.3) is 0 Å². The van der Waals surface area contributed by atoms with E-state index < -0.39 is 0 Å². The molecule has 0 aromatic carbocycles. The molecule has 0 radical (unpaired) electrons. The molecule has 0 aliphatic heterocycles. The lowest BCUT2D eigenvalue weighted by Gasteiger charge is -2.23. The summed E-state index contributed by atoms with van der Waals surface area (Å²) < 4.78 is 0. The lowest BCUT2D eigenvalue weighted by Crippen LogP contribution is -2.48. The van der Waals surface area contributed by atoms with Crippen LogP contribution in [0.15, 0.2) is 0 Å². The number of nitrogens with two attached hydrogens (primary N) is 1. The molecular weight excluding hydrogens is 128 g/mol. The van der Waals surface area contributed by atoms with Crippen LogP contribution in [0.3, 0.4) is 0 Å². The second-order valence-corrected chi connectivity index (χ2v) is 2.99. The van der Waals surface area contributed by atoms with Crippen molar-refractivity contribution < 1.29 is 4.79 Å². The molecule has 0 aliphatic rings. The first-order valence-corrected chi connectivity index (χ1v) is 3.53. The maximum Gasteiger partial charge on any atom is 0.220 e. The van der Waals surface area contributed by atoms with Crippen LogP contribution in [0.4, 0.5) is 0 Å². The van der Waals surface area contributed by atoms with E-state index in [1.807, 2.05) is 20.8 Å². The highest BCUT2D eigenvalue weighted by Gasteiger charge is 2.16. The Labute approximate surface area is 62.0 Å². The lowest BCUT2D eigenvalue weighted by atomic mass is 10.1. The summed E-state index contributed by atoms with van der Waals surface area (Å²) in [5, 5.41) is 2.79. The maximum atomic E-state index is 10.8. The zero-order valence-corrected chi connectivity index (χ0v) is 6.90. The smallest absolute Gasteiger partial charge is 0.220 e. The van der Waals surface area contributed by atoms with Crippen molar-refractivity contribution in [2.75, 3.05) is 6.54 Å². The molecule has 0 saturated carbocycles. The van der Waals surface area contributed by atoms with Gasteiger partial charge in [0.25, 0.3) is 0 Å². The summed E-state index contributed by atoms with van der Waals surface area (Å²) in [6, 6.07) is 0. The van der Waals surface area contributed by atoms with Gasteiger partial charge in [0.1, 0.15) is 0 Å². The van der Waals surface area contributed by atoms with E-state index in [0.717, 1.165) is 0 Å². The monoisotopic (exact) mass is 144 g/mol. The van der Waals surface area contributed by atoms with Crippen molar-refractivity contribution in [2.24, 2.45) is 5.73 Å². The van der Waals surface area contributed by atoms with Gasteiger partial charge in [-0.3, -0.25) is 4.79 Å². The molecule has 3 heteroatoms. The Morgan fingerprint density at radius 3 is 2.40 bits per heavy atom. The highest BCUT2D eigenvalue weighted by molar-refractivity contribution is 5.76. The van der Waals surface area contributed by atoms with Crippen LogP contribution in [0.1, 0.15) is 27.2 Å². The third kappa shape index (κ3) is 3.45. The van der Waals surface area contributed by atoms with Gasteiger partial charge < -0.3 is 11.1 Å². The molecule has 0 heterocycles. The van der Waals surface area contributed by atoms with Crippen LogP contribution in [-0.2, 0) is 4.79 Å². The van der Waals surface area contributed by atoms with E-state index in [2.05, 4.69) is 5.32 Å². The van der Waals surface area contributed by atoms with Gasteiger partial charge in [-0.05, 0) is 13.8 Å². The molecule has 3 nitrogen and oxygen atoms in total. The Kier molecular flexibility index (Phi) is 3.36. The van der Waals surface area contributed by atoms with Gasteiger partial charge in [0.05, 0.1) is 0 Å². The van der Waals surface area contributed by atoms with Crippen molar-refractivity contribution in [2.45, 2.75) is 32.7 Å². The molecule has 0 spiro atoms. The summed E-state index contributed by atoms with van der Waals surface area (Å²) in [6.45, 7) is 6.10. The fourth-order valence-corrected chi connectivity index (χ4v) is 0.517. The topological polar surface area (TPSA) is 55.1 Å². The quantitative estimate of drug-likeness (QED) is 0.596. The SMILES string of the molecule is CCC(=O)NC(C)(C)CN. The van der Waals surface area contributed by atoms with E-state index >= 15 is 0 Å². The number of hydrogen-bond acceptors (Lipinski definition) is 2. The van der Waals surface area contributed by atoms with Gasteiger partial charge in [0.2, 0.25) is 5.91 Å². The van der Waals surface area contributed by atoms with E-state index in [4.69, 9.17) is 5.73 Å². The molecule has 60 valence electrons. The van der Waals surface area contributed by atoms with Gasteiger partial charge in [-0.2, -0.15) is 0 Å². The summed E-state index contributed by atoms with van der Waals surface area (Å²) in [7, 11) is 0. The first kappa shape index (κ1) is 9.43. The number of nitrogens with one attached hydrogen (secondary N) is 1. The minimum absolute atomic E-state index is 0.0513. The Morgan fingerprint density at radius 1 is 1.60 bits per heavy atom. The van der Waals surface area contributed by atoms with Gasteiger partial charge in [0.15, 0.2) is 0 Å². The van der Waals surface area contributed by atoms with Crippen molar-refractivity contribution >= 4 is 5.91 Å². The molecule has 3 N–H and O–H groups in total. The van der Waals surface area contributed by atoms with Crippen LogP contribution in [0.5, 0.6) is 0 Å². The number of carbonyl (C=O) groups is 1. The van der Waals surface area contributed by atoms with E-state index in [9.17, 15) is 4.79 Å². The standard InChI is InChI=1S/C7H16N2O/c1-4-6(10)9-7(2,3)5-8/h4-5,8H2,1-3H3,(H,9,10). The normalized spacial score (nSPS) is 11.2. The summed E-state index contributed by atoms with van der Waals surface area (Å²) in [5.41, 5.74) is 5.14. The first-order chi connectivity index (χ1) is 4.52. The third-order valence-electron chi connectivity index (χ3n) is 1.31. The zero-order chi connectivity index (χ0) is 8.20. The molecule has 0 rings (SSSR count). The molecule has 1 amide bonds. The van der Waals surface area contributed by atoms with Crippen LogP contribution in [-0.4, -0.2) is 18.0 Å². The van der Waals surface area contributed by atoms with Crippen LogP contribution in [0.2, 0.25) is 0 Å². The van der Waals surface area contributed by atoms with Crippen molar-refractivity contribution in [3.8, 4) is 0 Å². The summed E-state index contributed by atoms with van der Waals surface area (Å²) in [6.07, 6.45) is 0.517. The molecule has 0 atom stereocenters. The second kappa shape index (κ2) is 3.56. The zero-order valence-electron chi connectivity index (χ0n) is 6.90. The van der Waals surface area contributed by atoms with E-state index in [-0.39, 0.29) is 11.4 Å². The third-order valence-corrected chi connectivity index (χ3v) is 1.31.